The van der Waals surface area contributed by atoms with Crippen LogP contribution in [0.1, 0.15) is 41.5 Å². The SMILES string of the molecule is CC(C)(C)OC(=O)C(SC(=N)N)C(=O)OC(C)(C)C. The van der Waals surface area contributed by atoms with Crippen LogP contribution < -0.4 is 5.73 Å². The molecule has 0 aromatic heterocycles. The third kappa shape index (κ3) is 8.47. The van der Waals surface area contributed by atoms with Gasteiger partial charge in [0.1, 0.15) is 11.2 Å². The highest BCUT2D eigenvalue weighted by atomic mass is 32.2. The summed E-state index contributed by atoms with van der Waals surface area (Å²) in [7, 11) is 0. The van der Waals surface area contributed by atoms with Gasteiger partial charge in [-0.1, -0.05) is 11.8 Å². The van der Waals surface area contributed by atoms with Crippen LogP contribution in [-0.2, 0) is 19.1 Å². The lowest BCUT2D eigenvalue weighted by molar-refractivity contribution is -0.165. The lowest BCUT2D eigenvalue weighted by atomic mass is 10.2. The van der Waals surface area contributed by atoms with Crippen molar-refractivity contribution in [2.24, 2.45) is 5.73 Å². The molecular weight excluding hydrogens is 268 g/mol. The van der Waals surface area contributed by atoms with Crippen molar-refractivity contribution >= 4 is 28.9 Å². The second kappa shape index (κ2) is 6.27. The summed E-state index contributed by atoms with van der Waals surface area (Å²) in [5, 5.41) is 5.57. The van der Waals surface area contributed by atoms with E-state index >= 15 is 0 Å². The minimum absolute atomic E-state index is 0.346. The van der Waals surface area contributed by atoms with Crippen LogP contribution in [0.2, 0.25) is 0 Å². The molecule has 0 aliphatic heterocycles. The molecular formula is C12H22N2O4S. The maximum atomic E-state index is 11.9. The zero-order valence-electron chi connectivity index (χ0n) is 12.2. The number of carbonyl (C=O) groups is 2. The fraction of sp³-hybridized carbons (Fsp3) is 0.750. The molecule has 0 aromatic carbocycles. The Labute approximate surface area is 117 Å². The minimum Gasteiger partial charge on any atom is -0.459 e. The summed E-state index contributed by atoms with van der Waals surface area (Å²) in [5.41, 5.74) is 3.77. The number of nitrogens with one attached hydrogen (secondary N) is 1. The maximum Gasteiger partial charge on any atom is 0.331 e. The molecule has 0 unspecified atom stereocenters. The molecule has 0 amide bonds. The van der Waals surface area contributed by atoms with Crippen molar-refractivity contribution < 1.29 is 19.1 Å². The van der Waals surface area contributed by atoms with Crippen molar-refractivity contribution in [3.63, 3.8) is 0 Å². The predicted molar refractivity (Wildman–Crippen MR) is 75.0 cm³/mol. The van der Waals surface area contributed by atoms with Crippen LogP contribution in [0.3, 0.4) is 0 Å². The number of carbonyl (C=O) groups excluding carboxylic acids is 2. The van der Waals surface area contributed by atoms with E-state index < -0.39 is 28.4 Å². The lowest BCUT2D eigenvalue weighted by Gasteiger charge is -2.25. The van der Waals surface area contributed by atoms with Crippen LogP contribution in [0.25, 0.3) is 0 Å². The molecule has 0 bridgehead atoms. The molecule has 0 radical (unpaired) electrons. The normalized spacial score (nSPS) is 12.2. The zero-order valence-corrected chi connectivity index (χ0v) is 13.0. The Balaban J connectivity index is 4.95. The van der Waals surface area contributed by atoms with Crippen LogP contribution in [0.15, 0.2) is 0 Å². The van der Waals surface area contributed by atoms with E-state index in [9.17, 15) is 9.59 Å². The van der Waals surface area contributed by atoms with Crippen LogP contribution in [0.5, 0.6) is 0 Å². The quantitative estimate of drug-likeness (QED) is 0.355. The van der Waals surface area contributed by atoms with E-state index in [1.807, 2.05) is 0 Å². The molecule has 0 aliphatic carbocycles. The minimum atomic E-state index is -1.28. The summed E-state index contributed by atoms with van der Waals surface area (Å²) < 4.78 is 10.2. The Hall–Kier alpha value is -1.24. The van der Waals surface area contributed by atoms with Gasteiger partial charge in [-0.2, -0.15) is 0 Å². The monoisotopic (exact) mass is 290 g/mol. The van der Waals surface area contributed by atoms with E-state index in [4.69, 9.17) is 20.6 Å². The standard InChI is InChI=1S/C12H22N2O4S/c1-11(2,3)17-8(15)7(19-10(13)14)9(16)18-12(4,5)6/h7H,1-6H3,(H3,13,14). The Morgan fingerprint density at radius 2 is 1.32 bits per heavy atom. The van der Waals surface area contributed by atoms with Gasteiger partial charge in [-0.05, 0) is 41.5 Å². The number of rotatable bonds is 3. The number of nitrogens with two attached hydrogens (primary N) is 1. The number of hydrogen-bond acceptors (Lipinski definition) is 6. The summed E-state index contributed by atoms with van der Waals surface area (Å²) in [6, 6.07) is 0. The third-order valence-electron chi connectivity index (χ3n) is 1.49. The number of hydrogen-bond donors (Lipinski definition) is 2. The molecule has 19 heavy (non-hydrogen) atoms. The average Bonchev–Trinajstić information content (AvgIpc) is 2.07. The van der Waals surface area contributed by atoms with Crippen molar-refractivity contribution in [3.8, 4) is 0 Å². The lowest BCUT2D eigenvalue weighted by Crippen LogP contribution is -2.40. The van der Waals surface area contributed by atoms with Crippen molar-refractivity contribution in [2.75, 3.05) is 0 Å². The van der Waals surface area contributed by atoms with Crippen LogP contribution in [-0.4, -0.2) is 33.6 Å². The second-order valence-electron chi connectivity index (χ2n) is 5.93. The molecule has 6 nitrogen and oxygen atoms in total. The van der Waals surface area contributed by atoms with Gasteiger partial charge in [0, 0.05) is 0 Å². The molecule has 0 aromatic rings. The van der Waals surface area contributed by atoms with E-state index in [0.29, 0.717) is 11.8 Å². The summed E-state index contributed by atoms with van der Waals surface area (Å²) in [6.07, 6.45) is 0. The molecule has 0 saturated heterocycles. The Kier molecular flexibility index (Phi) is 5.86. The fourth-order valence-electron chi connectivity index (χ4n) is 1.03. The van der Waals surface area contributed by atoms with E-state index in [1.54, 1.807) is 41.5 Å². The summed E-state index contributed by atoms with van der Waals surface area (Å²) in [4.78, 5) is 23.9. The van der Waals surface area contributed by atoms with Gasteiger partial charge in [0.15, 0.2) is 5.17 Å². The third-order valence-corrected chi connectivity index (χ3v) is 2.36. The molecule has 0 spiro atoms. The van der Waals surface area contributed by atoms with Gasteiger partial charge in [0.05, 0.1) is 0 Å². The number of esters is 2. The largest absolute Gasteiger partial charge is 0.459 e. The molecule has 0 aliphatic rings. The number of thioether (sulfide) groups is 1. The predicted octanol–water partition coefficient (Wildman–Crippen LogP) is 1.67. The van der Waals surface area contributed by atoms with Crippen LogP contribution in [0, 0.1) is 5.41 Å². The summed E-state index contributed by atoms with van der Waals surface area (Å²) >= 11 is 0.609. The van der Waals surface area contributed by atoms with Gasteiger partial charge in [-0.25, -0.2) is 0 Å². The average molecular weight is 290 g/mol. The fourth-order valence-corrected chi connectivity index (χ4v) is 1.57. The van der Waals surface area contributed by atoms with Crippen molar-refractivity contribution in [2.45, 2.75) is 58.0 Å². The summed E-state index contributed by atoms with van der Waals surface area (Å²) in [5.74, 6) is -1.52. The van der Waals surface area contributed by atoms with Crippen molar-refractivity contribution in [3.05, 3.63) is 0 Å². The Morgan fingerprint density at radius 1 is 1.00 bits per heavy atom. The topological polar surface area (TPSA) is 102 Å². The molecule has 110 valence electrons. The first-order valence-corrected chi connectivity index (χ1v) is 6.66. The van der Waals surface area contributed by atoms with E-state index in [-0.39, 0.29) is 5.17 Å². The van der Waals surface area contributed by atoms with Gasteiger partial charge >= 0.3 is 11.9 Å². The highest BCUT2D eigenvalue weighted by Gasteiger charge is 2.36. The first-order valence-electron chi connectivity index (χ1n) is 5.78. The molecule has 0 rings (SSSR count). The zero-order chi connectivity index (χ0) is 15.4. The molecule has 0 heterocycles. The highest BCUT2D eigenvalue weighted by Crippen LogP contribution is 2.20. The first-order chi connectivity index (χ1) is 8.32. The summed E-state index contributed by atoms with van der Waals surface area (Å²) in [6.45, 7) is 10.1. The molecule has 7 heteroatoms. The van der Waals surface area contributed by atoms with Gasteiger partial charge in [-0.3, -0.25) is 15.0 Å². The van der Waals surface area contributed by atoms with Crippen molar-refractivity contribution in [1.29, 1.82) is 5.41 Å². The molecule has 0 saturated carbocycles. The van der Waals surface area contributed by atoms with E-state index in [1.165, 1.54) is 0 Å². The number of ether oxygens (including phenoxy) is 2. The Morgan fingerprint density at radius 3 is 1.53 bits per heavy atom. The molecule has 0 atom stereocenters. The van der Waals surface area contributed by atoms with Gasteiger partial charge in [-0.15, -0.1) is 0 Å². The van der Waals surface area contributed by atoms with E-state index in [0.717, 1.165) is 0 Å². The van der Waals surface area contributed by atoms with Crippen molar-refractivity contribution in [1.82, 2.24) is 0 Å². The maximum absolute atomic E-state index is 11.9. The molecule has 3 N–H and O–H groups in total. The smallest absolute Gasteiger partial charge is 0.331 e. The first kappa shape index (κ1) is 17.8. The van der Waals surface area contributed by atoms with E-state index in [2.05, 4.69) is 0 Å². The second-order valence-corrected chi connectivity index (χ2v) is 7.08. The Bertz CT molecular complexity index is 341. The van der Waals surface area contributed by atoms with Gasteiger partial charge in [0.2, 0.25) is 5.25 Å². The van der Waals surface area contributed by atoms with Crippen LogP contribution in [0.4, 0.5) is 0 Å². The van der Waals surface area contributed by atoms with Gasteiger partial charge < -0.3 is 15.2 Å². The molecule has 0 fully saturated rings. The highest BCUT2D eigenvalue weighted by molar-refractivity contribution is 8.15. The van der Waals surface area contributed by atoms with Crippen LogP contribution >= 0.6 is 11.8 Å². The number of amidine groups is 1. The van der Waals surface area contributed by atoms with Gasteiger partial charge in [0.25, 0.3) is 0 Å².